The lowest BCUT2D eigenvalue weighted by Gasteiger charge is -2.21. The van der Waals surface area contributed by atoms with Gasteiger partial charge in [0, 0.05) is 11.6 Å². The fourth-order valence-corrected chi connectivity index (χ4v) is 2.72. The number of benzene rings is 1. The first kappa shape index (κ1) is 10.6. The third-order valence-electron chi connectivity index (χ3n) is 3.71. The lowest BCUT2D eigenvalue weighted by atomic mass is 9.84. The van der Waals surface area contributed by atoms with E-state index < -0.39 is 0 Å². The molecule has 1 saturated carbocycles. The van der Waals surface area contributed by atoms with Gasteiger partial charge < -0.3 is 4.52 Å². The Labute approximate surface area is 102 Å². The highest BCUT2D eigenvalue weighted by molar-refractivity contribution is 5.57. The first-order valence-electron chi connectivity index (χ1n) is 6.44. The van der Waals surface area contributed by atoms with Crippen LogP contribution in [0.2, 0.25) is 0 Å². The van der Waals surface area contributed by atoms with E-state index in [1.165, 1.54) is 37.7 Å². The quantitative estimate of drug-likeness (QED) is 0.760. The molecule has 1 fully saturated rings. The molecule has 1 aliphatic rings. The highest BCUT2D eigenvalue weighted by atomic mass is 16.5. The number of nitrogens with zero attached hydrogens (tertiary/aromatic N) is 1. The van der Waals surface area contributed by atoms with Crippen molar-refractivity contribution in [1.82, 2.24) is 5.16 Å². The van der Waals surface area contributed by atoms with Gasteiger partial charge in [0.15, 0.2) is 5.76 Å². The molecule has 3 rings (SSSR count). The molecule has 0 N–H and O–H groups in total. The zero-order chi connectivity index (χ0) is 11.5. The summed E-state index contributed by atoms with van der Waals surface area (Å²) < 4.78 is 5.15. The molecule has 1 aliphatic carbocycles. The number of rotatable bonds is 2. The van der Waals surface area contributed by atoms with Gasteiger partial charge in [0.25, 0.3) is 0 Å². The summed E-state index contributed by atoms with van der Waals surface area (Å²) in [6, 6.07) is 10.7. The molecule has 1 aromatic heterocycles. The zero-order valence-corrected chi connectivity index (χ0v) is 9.93. The van der Waals surface area contributed by atoms with Crippen molar-refractivity contribution in [2.45, 2.75) is 38.0 Å². The fourth-order valence-electron chi connectivity index (χ4n) is 2.72. The maximum atomic E-state index is 5.15. The van der Waals surface area contributed by atoms with Crippen molar-refractivity contribution in [2.75, 3.05) is 0 Å². The Kier molecular flexibility index (Phi) is 2.95. The van der Waals surface area contributed by atoms with Crippen molar-refractivity contribution < 1.29 is 4.52 Å². The van der Waals surface area contributed by atoms with Crippen molar-refractivity contribution >= 4 is 0 Å². The molecule has 2 heteroatoms. The summed E-state index contributed by atoms with van der Waals surface area (Å²) in [6.07, 6.45) is 8.56. The summed E-state index contributed by atoms with van der Waals surface area (Å²) in [4.78, 5) is 0. The van der Waals surface area contributed by atoms with Gasteiger partial charge in [-0.1, -0.05) is 48.7 Å². The first-order chi connectivity index (χ1) is 8.43. The van der Waals surface area contributed by atoms with E-state index >= 15 is 0 Å². The largest absolute Gasteiger partial charge is 0.356 e. The molecule has 1 heterocycles. The molecule has 0 aliphatic heterocycles. The van der Waals surface area contributed by atoms with Crippen molar-refractivity contribution in [3.05, 3.63) is 42.1 Å². The predicted molar refractivity (Wildman–Crippen MR) is 67.8 cm³/mol. The van der Waals surface area contributed by atoms with E-state index in [2.05, 4.69) is 29.4 Å². The summed E-state index contributed by atoms with van der Waals surface area (Å²) in [7, 11) is 0. The Morgan fingerprint density at radius 2 is 1.71 bits per heavy atom. The van der Waals surface area contributed by atoms with Crippen LogP contribution in [0.25, 0.3) is 11.3 Å². The zero-order valence-electron chi connectivity index (χ0n) is 9.93. The van der Waals surface area contributed by atoms with E-state index in [1.54, 1.807) is 6.20 Å². The number of hydrogen-bond acceptors (Lipinski definition) is 2. The summed E-state index contributed by atoms with van der Waals surface area (Å²) in [5.74, 6) is 1.62. The van der Waals surface area contributed by atoms with E-state index in [4.69, 9.17) is 4.52 Å². The smallest absolute Gasteiger partial charge is 0.166 e. The van der Waals surface area contributed by atoms with Gasteiger partial charge in [-0.05, 0) is 24.3 Å². The minimum Gasteiger partial charge on any atom is -0.356 e. The van der Waals surface area contributed by atoms with Gasteiger partial charge in [-0.3, -0.25) is 0 Å². The Hall–Kier alpha value is -1.57. The standard InChI is InChI=1S/C15H17NO/c1-2-4-12(5-3-1)13-6-8-14(9-7-13)15-10-11-16-17-15/h6-12H,1-5H2. The average Bonchev–Trinajstić information content (AvgIpc) is 2.94. The Bertz CT molecular complexity index is 452. The fraction of sp³-hybridized carbons (Fsp3) is 0.400. The number of aromatic nitrogens is 1. The molecule has 0 spiro atoms. The van der Waals surface area contributed by atoms with Crippen LogP contribution < -0.4 is 0 Å². The van der Waals surface area contributed by atoms with Crippen LogP contribution >= 0.6 is 0 Å². The summed E-state index contributed by atoms with van der Waals surface area (Å²) in [5.41, 5.74) is 2.59. The first-order valence-corrected chi connectivity index (χ1v) is 6.44. The summed E-state index contributed by atoms with van der Waals surface area (Å²) >= 11 is 0. The van der Waals surface area contributed by atoms with Gasteiger partial charge >= 0.3 is 0 Å². The summed E-state index contributed by atoms with van der Waals surface area (Å²) in [5, 5.41) is 3.74. The maximum absolute atomic E-state index is 5.15. The summed E-state index contributed by atoms with van der Waals surface area (Å²) in [6.45, 7) is 0. The van der Waals surface area contributed by atoms with Gasteiger partial charge in [0.2, 0.25) is 0 Å². The highest BCUT2D eigenvalue weighted by Crippen LogP contribution is 2.33. The molecular weight excluding hydrogens is 210 g/mol. The molecule has 88 valence electrons. The molecule has 0 saturated heterocycles. The second kappa shape index (κ2) is 4.74. The highest BCUT2D eigenvalue weighted by Gasteiger charge is 2.15. The molecule has 0 radical (unpaired) electrons. The van der Waals surface area contributed by atoms with Crippen molar-refractivity contribution in [3.8, 4) is 11.3 Å². The molecule has 2 nitrogen and oxygen atoms in total. The minimum atomic E-state index is 0.771. The maximum Gasteiger partial charge on any atom is 0.166 e. The van der Waals surface area contributed by atoms with Gasteiger partial charge in [0.05, 0.1) is 6.20 Å². The van der Waals surface area contributed by atoms with E-state index in [9.17, 15) is 0 Å². The molecule has 0 bridgehead atoms. The second-order valence-electron chi connectivity index (χ2n) is 4.83. The Balaban J connectivity index is 1.80. The van der Waals surface area contributed by atoms with Gasteiger partial charge in [-0.15, -0.1) is 0 Å². The monoisotopic (exact) mass is 227 g/mol. The van der Waals surface area contributed by atoms with E-state index in [0.717, 1.165) is 17.2 Å². The molecule has 17 heavy (non-hydrogen) atoms. The van der Waals surface area contributed by atoms with Crippen molar-refractivity contribution in [2.24, 2.45) is 0 Å². The molecule has 1 aromatic carbocycles. The third kappa shape index (κ3) is 2.26. The van der Waals surface area contributed by atoms with Crippen LogP contribution in [-0.2, 0) is 0 Å². The molecule has 2 aromatic rings. The lowest BCUT2D eigenvalue weighted by Crippen LogP contribution is -2.04. The average molecular weight is 227 g/mol. The van der Waals surface area contributed by atoms with E-state index in [1.807, 2.05) is 6.07 Å². The Morgan fingerprint density at radius 1 is 0.941 bits per heavy atom. The van der Waals surface area contributed by atoms with Crippen molar-refractivity contribution in [3.63, 3.8) is 0 Å². The molecule has 0 atom stereocenters. The molecule has 0 unspecified atom stereocenters. The van der Waals surface area contributed by atoms with Crippen LogP contribution in [0.1, 0.15) is 43.6 Å². The van der Waals surface area contributed by atoms with Crippen molar-refractivity contribution in [1.29, 1.82) is 0 Å². The topological polar surface area (TPSA) is 26.0 Å². The van der Waals surface area contributed by atoms with Gasteiger partial charge in [0.1, 0.15) is 0 Å². The minimum absolute atomic E-state index is 0.771. The van der Waals surface area contributed by atoms with Crippen LogP contribution in [0.3, 0.4) is 0 Å². The second-order valence-corrected chi connectivity index (χ2v) is 4.83. The van der Waals surface area contributed by atoms with Crippen LogP contribution in [0.15, 0.2) is 41.1 Å². The lowest BCUT2D eigenvalue weighted by molar-refractivity contribution is 0.432. The SMILES string of the molecule is c1cc(-c2ccc(C3CCCCC3)cc2)on1. The van der Waals surface area contributed by atoms with Crippen LogP contribution in [0.5, 0.6) is 0 Å². The third-order valence-corrected chi connectivity index (χ3v) is 3.71. The van der Waals surface area contributed by atoms with Crippen LogP contribution in [0.4, 0.5) is 0 Å². The molecular formula is C15H17NO. The van der Waals surface area contributed by atoms with Crippen LogP contribution in [0, 0.1) is 0 Å². The van der Waals surface area contributed by atoms with Gasteiger partial charge in [-0.25, -0.2) is 0 Å². The molecule has 0 amide bonds. The van der Waals surface area contributed by atoms with E-state index in [-0.39, 0.29) is 0 Å². The predicted octanol–water partition coefficient (Wildman–Crippen LogP) is 4.39. The van der Waals surface area contributed by atoms with Gasteiger partial charge in [-0.2, -0.15) is 0 Å². The Morgan fingerprint density at radius 3 is 2.35 bits per heavy atom. The van der Waals surface area contributed by atoms with Crippen LogP contribution in [-0.4, -0.2) is 5.16 Å². The van der Waals surface area contributed by atoms with E-state index in [0.29, 0.717) is 0 Å². The number of hydrogen-bond donors (Lipinski definition) is 0. The normalized spacial score (nSPS) is 17.2.